The summed E-state index contributed by atoms with van der Waals surface area (Å²) in [6, 6.07) is -1.09. The molecular formula is C19H36N2O9. The minimum atomic E-state index is -1.14. The summed E-state index contributed by atoms with van der Waals surface area (Å²) in [5.41, 5.74) is 0. The molecule has 11 heteroatoms. The van der Waals surface area contributed by atoms with E-state index in [2.05, 4.69) is 10.6 Å². The molecule has 176 valence electrons. The second-order valence-corrected chi connectivity index (χ2v) is 7.29. The average Bonchev–Trinajstić information content (AvgIpc) is 2.69. The van der Waals surface area contributed by atoms with Gasteiger partial charge in [0.2, 0.25) is 11.8 Å². The van der Waals surface area contributed by atoms with Crippen LogP contribution in [0, 0.1) is 5.92 Å². The number of hydrogen-bond donors (Lipinski definition) is 5. The molecule has 2 amide bonds. The molecule has 1 heterocycles. The van der Waals surface area contributed by atoms with Crippen LogP contribution in [0.2, 0.25) is 0 Å². The Hall–Kier alpha value is -1.34. The van der Waals surface area contributed by atoms with Gasteiger partial charge in [0.15, 0.2) is 6.29 Å². The minimum Gasteiger partial charge on any atom is -0.396 e. The third-order valence-electron chi connectivity index (χ3n) is 4.83. The lowest BCUT2D eigenvalue weighted by Gasteiger charge is -2.43. The van der Waals surface area contributed by atoms with Crippen LogP contribution in [0.1, 0.15) is 26.2 Å². The van der Waals surface area contributed by atoms with E-state index in [1.54, 1.807) is 14.2 Å². The Morgan fingerprint density at radius 1 is 1.10 bits per heavy atom. The summed E-state index contributed by atoms with van der Waals surface area (Å²) in [5, 5.41) is 34.8. The molecule has 0 bridgehead atoms. The van der Waals surface area contributed by atoms with Crippen molar-refractivity contribution >= 4 is 11.8 Å². The first-order valence-corrected chi connectivity index (χ1v) is 10.1. The van der Waals surface area contributed by atoms with Crippen LogP contribution in [0.25, 0.3) is 0 Å². The molecule has 30 heavy (non-hydrogen) atoms. The number of methoxy groups -OCH3 is 2. The van der Waals surface area contributed by atoms with Crippen LogP contribution < -0.4 is 10.6 Å². The fraction of sp³-hybridized carbons (Fsp3) is 0.895. The van der Waals surface area contributed by atoms with Crippen LogP contribution in [-0.2, 0) is 28.5 Å². The van der Waals surface area contributed by atoms with Crippen LogP contribution in [0.15, 0.2) is 0 Å². The monoisotopic (exact) mass is 436 g/mol. The van der Waals surface area contributed by atoms with Crippen molar-refractivity contribution in [2.75, 3.05) is 47.3 Å². The zero-order chi connectivity index (χ0) is 22.5. The Morgan fingerprint density at radius 3 is 2.30 bits per heavy atom. The van der Waals surface area contributed by atoms with E-state index in [4.69, 9.17) is 18.9 Å². The number of rotatable bonds is 14. The predicted molar refractivity (Wildman–Crippen MR) is 105 cm³/mol. The first-order chi connectivity index (χ1) is 14.4. The van der Waals surface area contributed by atoms with E-state index >= 15 is 0 Å². The second-order valence-electron chi connectivity index (χ2n) is 7.29. The van der Waals surface area contributed by atoms with Gasteiger partial charge in [-0.1, -0.05) is 0 Å². The third-order valence-corrected chi connectivity index (χ3v) is 4.83. The summed E-state index contributed by atoms with van der Waals surface area (Å²) >= 11 is 0. The molecule has 0 aromatic carbocycles. The van der Waals surface area contributed by atoms with E-state index in [0.29, 0.717) is 32.5 Å². The maximum atomic E-state index is 12.0. The average molecular weight is 437 g/mol. The number of hydrogen-bond acceptors (Lipinski definition) is 9. The van der Waals surface area contributed by atoms with Crippen molar-refractivity contribution in [3.63, 3.8) is 0 Å². The van der Waals surface area contributed by atoms with Gasteiger partial charge in [-0.3, -0.25) is 9.59 Å². The molecule has 0 aromatic heterocycles. The van der Waals surface area contributed by atoms with Crippen LogP contribution in [-0.4, -0.2) is 105 Å². The van der Waals surface area contributed by atoms with Gasteiger partial charge < -0.3 is 44.9 Å². The van der Waals surface area contributed by atoms with Crippen molar-refractivity contribution in [3.8, 4) is 0 Å². The Labute approximate surface area is 177 Å². The Morgan fingerprint density at radius 2 is 1.77 bits per heavy atom. The van der Waals surface area contributed by atoms with Gasteiger partial charge in [-0.2, -0.15) is 0 Å². The van der Waals surface area contributed by atoms with Gasteiger partial charge in [-0.25, -0.2) is 0 Å². The topological polar surface area (TPSA) is 156 Å². The Kier molecular flexibility index (Phi) is 13.0. The van der Waals surface area contributed by atoms with Crippen molar-refractivity contribution in [3.05, 3.63) is 0 Å². The minimum absolute atomic E-state index is 0.124. The van der Waals surface area contributed by atoms with E-state index in [1.165, 1.54) is 6.92 Å². The maximum absolute atomic E-state index is 12.0. The molecule has 0 radical (unpaired) electrons. The van der Waals surface area contributed by atoms with E-state index in [0.717, 1.165) is 0 Å². The molecule has 5 N–H and O–H groups in total. The van der Waals surface area contributed by atoms with Crippen LogP contribution >= 0.6 is 0 Å². The molecule has 5 atom stereocenters. The number of carbonyl (C=O) groups excluding carboxylic acids is 2. The van der Waals surface area contributed by atoms with Crippen molar-refractivity contribution in [1.29, 1.82) is 0 Å². The van der Waals surface area contributed by atoms with Crippen LogP contribution in [0.4, 0.5) is 0 Å². The lowest BCUT2D eigenvalue weighted by Crippen LogP contribution is -2.63. The van der Waals surface area contributed by atoms with Gasteiger partial charge in [0.25, 0.3) is 0 Å². The van der Waals surface area contributed by atoms with Gasteiger partial charge in [-0.15, -0.1) is 0 Å². The summed E-state index contributed by atoms with van der Waals surface area (Å²) in [6.45, 7) is 1.43. The number of ether oxygens (including phenoxy) is 4. The van der Waals surface area contributed by atoms with Gasteiger partial charge in [0.1, 0.15) is 6.04 Å². The zero-order valence-corrected chi connectivity index (χ0v) is 17.9. The molecule has 0 aliphatic carbocycles. The fourth-order valence-electron chi connectivity index (χ4n) is 3.36. The maximum Gasteiger partial charge on any atom is 0.220 e. The molecule has 1 rings (SSSR count). The van der Waals surface area contributed by atoms with Gasteiger partial charge in [-0.05, 0) is 12.8 Å². The third kappa shape index (κ3) is 8.80. The highest BCUT2D eigenvalue weighted by Gasteiger charge is 2.45. The predicted octanol–water partition coefficient (Wildman–Crippen LogP) is -1.86. The number of nitrogens with one attached hydrogen (secondary N) is 2. The smallest absolute Gasteiger partial charge is 0.220 e. The van der Waals surface area contributed by atoms with E-state index in [9.17, 15) is 24.9 Å². The second kappa shape index (κ2) is 14.6. The van der Waals surface area contributed by atoms with E-state index < -0.39 is 43.7 Å². The van der Waals surface area contributed by atoms with Gasteiger partial charge in [0.05, 0.1) is 44.7 Å². The summed E-state index contributed by atoms with van der Waals surface area (Å²) in [5.74, 6) is -1.25. The molecule has 0 saturated carbocycles. The largest absolute Gasteiger partial charge is 0.396 e. The molecule has 1 aliphatic heterocycles. The van der Waals surface area contributed by atoms with Crippen molar-refractivity contribution in [1.82, 2.24) is 10.6 Å². The number of carbonyl (C=O) groups is 2. The lowest BCUT2D eigenvalue weighted by molar-refractivity contribution is -0.261. The highest BCUT2D eigenvalue weighted by atomic mass is 16.7. The fourth-order valence-corrected chi connectivity index (χ4v) is 3.36. The first-order valence-electron chi connectivity index (χ1n) is 10.1. The van der Waals surface area contributed by atoms with Gasteiger partial charge in [0, 0.05) is 40.1 Å². The summed E-state index contributed by atoms with van der Waals surface area (Å²) in [6.07, 6.45) is -1.54. The van der Waals surface area contributed by atoms with Crippen LogP contribution in [0.3, 0.4) is 0 Å². The molecule has 1 saturated heterocycles. The molecule has 1 aliphatic rings. The molecule has 0 spiro atoms. The number of amides is 2. The quantitative estimate of drug-likeness (QED) is 0.197. The molecular weight excluding hydrogens is 400 g/mol. The number of unbranched alkanes of at least 4 members (excludes halogenated alkanes) is 1. The zero-order valence-electron chi connectivity index (χ0n) is 17.9. The SMILES string of the molecule is COCC(COC)NC(=O)CCCCO[C@@H]1OC(CO)[C@H](CO)C(O)C1NC(C)=O. The summed E-state index contributed by atoms with van der Waals surface area (Å²) < 4.78 is 21.4. The summed E-state index contributed by atoms with van der Waals surface area (Å²) in [7, 11) is 3.10. The number of aliphatic hydroxyl groups is 3. The van der Waals surface area contributed by atoms with Crippen molar-refractivity contribution in [2.45, 2.75) is 56.8 Å². The first kappa shape index (κ1) is 26.7. The van der Waals surface area contributed by atoms with Crippen LogP contribution in [0.5, 0.6) is 0 Å². The standard InChI is InChI=1S/C19H36N2O9/c1-12(24)20-17-18(26)14(8-22)15(9-23)30-19(17)29-7-5-4-6-16(25)21-13(10-27-2)11-28-3/h13-15,17-19,22-23,26H,4-11H2,1-3H3,(H,20,24)(H,21,25)/t14-,15?,17?,18?,19+/m0/s1. The number of aliphatic hydroxyl groups excluding tert-OH is 3. The molecule has 11 nitrogen and oxygen atoms in total. The van der Waals surface area contributed by atoms with Gasteiger partial charge >= 0.3 is 0 Å². The molecule has 3 unspecified atom stereocenters. The summed E-state index contributed by atoms with van der Waals surface area (Å²) in [4.78, 5) is 23.5. The molecule has 1 fully saturated rings. The van der Waals surface area contributed by atoms with Crippen molar-refractivity contribution in [2.24, 2.45) is 5.92 Å². The van der Waals surface area contributed by atoms with Crippen molar-refractivity contribution < 1.29 is 43.9 Å². The highest BCUT2D eigenvalue weighted by Crippen LogP contribution is 2.27. The Balaban J connectivity index is 2.46. The normalized spacial score (nSPS) is 26.6. The van der Waals surface area contributed by atoms with E-state index in [1.807, 2.05) is 0 Å². The Bertz CT molecular complexity index is 502. The molecule has 0 aromatic rings. The van der Waals surface area contributed by atoms with E-state index in [-0.39, 0.29) is 24.5 Å². The highest BCUT2D eigenvalue weighted by molar-refractivity contribution is 5.76. The lowest BCUT2D eigenvalue weighted by atomic mass is 9.88.